The summed E-state index contributed by atoms with van der Waals surface area (Å²) in [7, 11) is 0. The molecule has 1 aliphatic carbocycles. The number of carbonyl (C=O) groups is 2. The van der Waals surface area contributed by atoms with E-state index in [1.165, 1.54) is 0 Å². The zero-order chi connectivity index (χ0) is 23.1. The molecule has 0 unspecified atom stereocenters. The first kappa shape index (κ1) is 19.4. The standard InChI is InChI=1S/C24H16N6O2/c1-12-3-5-14-17(7-12)29-20(31)23(14)16(9-25)19(28)22(10-26,11-27)24(23)15-6-4-13(2)8-18(15)30-21(24)32/h3-8H,28H2,1-2H3,(H,29,31)(H,30,32)/t23-,24+/m1/s1. The number of amides is 2. The van der Waals surface area contributed by atoms with Gasteiger partial charge < -0.3 is 16.4 Å². The Morgan fingerprint density at radius 2 is 1.38 bits per heavy atom. The van der Waals surface area contributed by atoms with Crippen LogP contribution in [0.3, 0.4) is 0 Å². The van der Waals surface area contributed by atoms with E-state index >= 15 is 0 Å². The number of carbonyl (C=O) groups excluding carboxylic acids is 2. The van der Waals surface area contributed by atoms with Crippen molar-refractivity contribution in [3.8, 4) is 18.2 Å². The van der Waals surface area contributed by atoms with Gasteiger partial charge in [-0.1, -0.05) is 24.3 Å². The van der Waals surface area contributed by atoms with Crippen molar-refractivity contribution in [3.05, 3.63) is 69.9 Å². The fraction of sp³-hybridized carbons (Fsp3) is 0.208. The van der Waals surface area contributed by atoms with Crippen LogP contribution < -0.4 is 16.4 Å². The number of anilines is 2. The van der Waals surface area contributed by atoms with E-state index in [1.54, 1.807) is 36.4 Å². The molecule has 5 rings (SSSR count). The molecule has 2 spiro atoms. The van der Waals surface area contributed by atoms with Gasteiger partial charge in [-0.3, -0.25) is 9.59 Å². The van der Waals surface area contributed by atoms with Crippen molar-refractivity contribution >= 4 is 23.2 Å². The number of fused-ring (bicyclic) bond motifs is 5. The molecule has 2 atom stereocenters. The van der Waals surface area contributed by atoms with Gasteiger partial charge in [-0.15, -0.1) is 0 Å². The molecule has 0 saturated heterocycles. The number of nitrogens with one attached hydrogen (secondary N) is 2. The SMILES string of the molecule is Cc1ccc2c(c1)NC(=O)[C@]21C(C#N)=C(N)C(C#N)(C#N)[C@]12C(=O)Nc1cc(C)ccc12. The largest absolute Gasteiger partial charge is 0.399 e. The van der Waals surface area contributed by atoms with E-state index in [0.29, 0.717) is 16.9 Å². The van der Waals surface area contributed by atoms with Gasteiger partial charge in [-0.05, 0) is 48.2 Å². The van der Waals surface area contributed by atoms with Crippen LogP contribution >= 0.6 is 0 Å². The number of allylic oxidation sites excluding steroid dienone is 1. The van der Waals surface area contributed by atoms with Gasteiger partial charge in [-0.25, -0.2) is 0 Å². The zero-order valence-electron chi connectivity index (χ0n) is 17.2. The van der Waals surface area contributed by atoms with Crippen molar-refractivity contribution in [3.63, 3.8) is 0 Å². The smallest absolute Gasteiger partial charge is 0.242 e. The molecule has 2 heterocycles. The molecular formula is C24H16N6O2. The number of hydrogen-bond donors (Lipinski definition) is 3. The van der Waals surface area contributed by atoms with Gasteiger partial charge in [0.15, 0.2) is 0 Å². The average molecular weight is 420 g/mol. The second-order valence-corrected chi connectivity index (χ2v) is 8.38. The van der Waals surface area contributed by atoms with Crippen LogP contribution in [0.4, 0.5) is 11.4 Å². The van der Waals surface area contributed by atoms with Crippen molar-refractivity contribution in [2.45, 2.75) is 24.7 Å². The predicted molar refractivity (Wildman–Crippen MR) is 113 cm³/mol. The van der Waals surface area contributed by atoms with E-state index in [0.717, 1.165) is 11.1 Å². The zero-order valence-corrected chi connectivity index (χ0v) is 17.2. The van der Waals surface area contributed by atoms with Crippen molar-refractivity contribution in [2.75, 3.05) is 10.6 Å². The number of benzene rings is 2. The fourth-order valence-corrected chi connectivity index (χ4v) is 5.74. The molecule has 8 heteroatoms. The lowest BCUT2D eigenvalue weighted by Gasteiger charge is -2.42. The number of rotatable bonds is 0. The van der Waals surface area contributed by atoms with Crippen molar-refractivity contribution in [1.82, 2.24) is 0 Å². The molecule has 0 fully saturated rings. The number of nitrogens with two attached hydrogens (primary N) is 1. The summed E-state index contributed by atoms with van der Waals surface area (Å²) in [5, 5.41) is 36.4. The van der Waals surface area contributed by atoms with Gasteiger partial charge >= 0.3 is 0 Å². The Morgan fingerprint density at radius 1 is 0.844 bits per heavy atom. The summed E-state index contributed by atoms with van der Waals surface area (Å²) in [5.74, 6) is -1.40. The Balaban J connectivity index is 2.07. The van der Waals surface area contributed by atoms with Crippen LogP contribution in [-0.4, -0.2) is 11.8 Å². The van der Waals surface area contributed by atoms with E-state index in [-0.39, 0.29) is 16.8 Å². The first-order chi connectivity index (χ1) is 15.3. The van der Waals surface area contributed by atoms with Gasteiger partial charge in [0, 0.05) is 11.4 Å². The van der Waals surface area contributed by atoms with Crippen LogP contribution in [0.1, 0.15) is 22.3 Å². The molecule has 2 aromatic carbocycles. The Hall–Kier alpha value is -4.61. The van der Waals surface area contributed by atoms with E-state index in [9.17, 15) is 25.4 Å². The highest BCUT2D eigenvalue weighted by Crippen LogP contribution is 2.70. The lowest BCUT2D eigenvalue weighted by molar-refractivity contribution is -0.132. The highest BCUT2D eigenvalue weighted by atomic mass is 16.2. The first-order valence-corrected chi connectivity index (χ1v) is 9.84. The predicted octanol–water partition coefficient (Wildman–Crippen LogP) is 2.17. The second kappa shape index (κ2) is 5.75. The minimum atomic E-state index is -2.29. The molecule has 8 nitrogen and oxygen atoms in total. The van der Waals surface area contributed by atoms with E-state index < -0.39 is 28.1 Å². The fourth-order valence-electron chi connectivity index (χ4n) is 5.74. The van der Waals surface area contributed by atoms with E-state index in [4.69, 9.17) is 5.73 Å². The molecule has 32 heavy (non-hydrogen) atoms. The van der Waals surface area contributed by atoms with Crippen LogP contribution in [0.15, 0.2) is 47.7 Å². The van der Waals surface area contributed by atoms with Crippen molar-refractivity contribution in [1.29, 1.82) is 15.8 Å². The molecule has 0 saturated carbocycles. The van der Waals surface area contributed by atoms with Gasteiger partial charge in [0.25, 0.3) is 0 Å². The van der Waals surface area contributed by atoms with E-state index in [2.05, 4.69) is 10.6 Å². The maximum atomic E-state index is 13.9. The molecule has 0 radical (unpaired) electrons. The van der Waals surface area contributed by atoms with Crippen LogP contribution in [0, 0.1) is 53.3 Å². The molecule has 2 aromatic rings. The van der Waals surface area contributed by atoms with Gasteiger partial charge in [0.05, 0.1) is 29.5 Å². The minimum Gasteiger partial charge on any atom is -0.399 e. The Labute approximate surface area is 183 Å². The molecule has 3 aliphatic rings. The third kappa shape index (κ3) is 1.66. The Bertz CT molecular complexity index is 1440. The number of hydrogen-bond acceptors (Lipinski definition) is 6. The summed E-state index contributed by atoms with van der Waals surface area (Å²) in [6, 6.07) is 16.1. The number of nitriles is 3. The quantitative estimate of drug-likeness (QED) is 0.593. The summed E-state index contributed by atoms with van der Waals surface area (Å²) in [5.41, 5.74) is 2.45. The maximum absolute atomic E-state index is 13.9. The van der Waals surface area contributed by atoms with Crippen LogP contribution in [0.25, 0.3) is 0 Å². The topological polar surface area (TPSA) is 156 Å². The molecule has 2 amide bonds. The first-order valence-electron chi connectivity index (χ1n) is 9.84. The maximum Gasteiger partial charge on any atom is 0.242 e. The average Bonchev–Trinajstić information content (AvgIpc) is 3.28. The van der Waals surface area contributed by atoms with Crippen molar-refractivity contribution < 1.29 is 9.59 Å². The minimum absolute atomic E-state index is 0.260. The number of aryl methyl sites for hydroxylation is 2. The third-order valence-corrected chi connectivity index (χ3v) is 6.96. The molecule has 4 N–H and O–H groups in total. The lowest BCUT2D eigenvalue weighted by Crippen LogP contribution is -2.62. The molecule has 154 valence electrons. The third-order valence-electron chi connectivity index (χ3n) is 6.96. The Kier molecular flexibility index (Phi) is 3.48. The Morgan fingerprint density at radius 3 is 1.94 bits per heavy atom. The van der Waals surface area contributed by atoms with Crippen LogP contribution in [0.2, 0.25) is 0 Å². The number of nitrogens with zero attached hydrogens (tertiary/aromatic N) is 3. The molecule has 0 aromatic heterocycles. The summed E-state index contributed by atoms with van der Waals surface area (Å²) < 4.78 is 0. The van der Waals surface area contributed by atoms with Gasteiger partial charge in [0.2, 0.25) is 17.2 Å². The van der Waals surface area contributed by atoms with E-state index in [1.807, 2.05) is 32.1 Å². The monoisotopic (exact) mass is 420 g/mol. The van der Waals surface area contributed by atoms with Crippen LogP contribution in [0.5, 0.6) is 0 Å². The van der Waals surface area contributed by atoms with Crippen molar-refractivity contribution in [2.24, 2.45) is 11.1 Å². The van der Waals surface area contributed by atoms with Gasteiger partial charge in [0.1, 0.15) is 10.8 Å². The summed E-state index contributed by atoms with van der Waals surface area (Å²) in [6.45, 7) is 3.67. The lowest BCUT2D eigenvalue weighted by atomic mass is 9.50. The van der Waals surface area contributed by atoms with Crippen LogP contribution in [-0.2, 0) is 20.4 Å². The molecular weight excluding hydrogens is 404 g/mol. The highest BCUT2D eigenvalue weighted by molar-refractivity contribution is 6.22. The molecule has 0 bridgehead atoms. The molecule has 2 aliphatic heterocycles. The second-order valence-electron chi connectivity index (χ2n) is 8.38. The summed E-state index contributed by atoms with van der Waals surface area (Å²) in [4.78, 5) is 27.7. The van der Waals surface area contributed by atoms with Gasteiger partial charge in [-0.2, -0.15) is 15.8 Å². The summed E-state index contributed by atoms with van der Waals surface area (Å²) >= 11 is 0. The highest BCUT2D eigenvalue weighted by Gasteiger charge is 2.83. The summed E-state index contributed by atoms with van der Waals surface area (Å²) in [6.07, 6.45) is 0. The normalized spacial score (nSPS) is 26.2.